The van der Waals surface area contributed by atoms with Gasteiger partial charge in [0.2, 0.25) is 0 Å². The Bertz CT molecular complexity index is 106. The van der Waals surface area contributed by atoms with E-state index in [1.54, 1.807) is 6.92 Å². The fourth-order valence-corrected chi connectivity index (χ4v) is 0.626. The average Bonchev–Trinajstić information content (AvgIpc) is 1.63. The molecule has 0 aliphatic carbocycles. The molecule has 0 radical (unpaired) electrons. The maximum atomic E-state index is 10.2. The van der Waals surface area contributed by atoms with Crippen LogP contribution in [0.25, 0.3) is 0 Å². The predicted molar refractivity (Wildman–Crippen MR) is 42.6 cm³/mol. The van der Waals surface area contributed by atoms with Crippen LogP contribution in [0.15, 0.2) is 0 Å². The van der Waals surface area contributed by atoms with Crippen LogP contribution in [0.5, 0.6) is 0 Å². The molecule has 0 rings (SSSR count). The average molecular weight is 168 g/mol. The third-order valence-corrected chi connectivity index (χ3v) is 1.06. The second-order valence-corrected chi connectivity index (χ2v) is 2.50. The molecule has 62 valence electrons. The highest BCUT2D eigenvalue weighted by Gasteiger charge is 2.10. The van der Waals surface area contributed by atoms with Crippen LogP contribution in [-0.4, -0.2) is 36.6 Å². The Labute approximate surface area is 67.4 Å². The highest BCUT2D eigenvalue weighted by atomic mass is 35.5. The lowest BCUT2D eigenvalue weighted by Gasteiger charge is -2.11. The zero-order valence-electron chi connectivity index (χ0n) is 6.50. The normalized spacial score (nSPS) is 12.4. The molecule has 0 bridgehead atoms. The first-order chi connectivity index (χ1) is 4.04. The zero-order valence-corrected chi connectivity index (χ0v) is 7.31. The minimum absolute atomic E-state index is 0. The van der Waals surface area contributed by atoms with Gasteiger partial charge in [-0.1, -0.05) is 6.92 Å². The summed E-state index contributed by atoms with van der Waals surface area (Å²) < 4.78 is 0. The molecule has 10 heavy (non-hydrogen) atoms. The summed E-state index contributed by atoms with van der Waals surface area (Å²) in [6.07, 6.45) is 0. The number of carboxylic acids is 1. The number of nitrogens with zero attached hydrogens (tertiary/aromatic N) is 1. The highest BCUT2D eigenvalue weighted by molar-refractivity contribution is 5.85. The summed E-state index contributed by atoms with van der Waals surface area (Å²) in [5, 5.41) is 8.40. The molecule has 0 saturated heterocycles. The van der Waals surface area contributed by atoms with Crippen molar-refractivity contribution in [3.05, 3.63) is 0 Å². The Balaban J connectivity index is 0. The van der Waals surface area contributed by atoms with Crippen molar-refractivity contribution >= 4 is 18.4 Å². The van der Waals surface area contributed by atoms with E-state index in [9.17, 15) is 4.79 Å². The third kappa shape index (κ3) is 5.85. The van der Waals surface area contributed by atoms with Gasteiger partial charge in [0.25, 0.3) is 0 Å². The van der Waals surface area contributed by atoms with Crippen molar-refractivity contribution in [2.75, 3.05) is 20.6 Å². The lowest BCUT2D eigenvalue weighted by Crippen LogP contribution is -2.25. The Morgan fingerprint density at radius 1 is 1.60 bits per heavy atom. The number of carboxylic acid groups (broad SMARTS) is 1. The van der Waals surface area contributed by atoms with Crippen molar-refractivity contribution in [2.24, 2.45) is 5.92 Å². The van der Waals surface area contributed by atoms with Gasteiger partial charge in [-0.25, -0.2) is 0 Å². The first-order valence-corrected chi connectivity index (χ1v) is 2.91. The van der Waals surface area contributed by atoms with E-state index in [1.807, 2.05) is 19.0 Å². The van der Waals surface area contributed by atoms with E-state index < -0.39 is 5.97 Å². The summed E-state index contributed by atoms with van der Waals surface area (Å²) in [6, 6.07) is 0. The zero-order chi connectivity index (χ0) is 7.44. The van der Waals surface area contributed by atoms with Gasteiger partial charge in [-0.05, 0) is 14.1 Å². The van der Waals surface area contributed by atoms with Crippen molar-refractivity contribution in [3.8, 4) is 0 Å². The van der Waals surface area contributed by atoms with Crippen LogP contribution in [0, 0.1) is 5.92 Å². The van der Waals surface area contributed by atoms with Gasteiger partial charge in [0, 0.05) is 6.54 Å². The van der Waals surface area contributed by atoms with Crippen LogP contribution >= 0.6 is 12.4 Å². The number of halogens is 1. The van der Waals surface area contributed by atoms with Crippen molar-refractivity contribution in [3.63, 3.8) is 0 Å². The number of hydrogen-bond donors (Lipinski definition) is 1. The Hall–Kier alpha value is -0.280. The SMILES string of the molecule is CC(CN(C)C)C(=O)O.Cl. The van der Waals surface area contributed by atoms with E-state index in [-0.39, 0.29) is 18.3 Å². The van der Waals surface area contributed by atoms with Crippen molar-refractivity contribution in [1.82, 2.24) is 4.90 Å². The lowest BCUT2D eigenvalue weighted by molar-refractivity contribution is -0.141. The first-order valence-electron chi connectivity index (χ1n) is 2.91. The molecule has 1 N–H and O–H groups in total. The van der Waals surface area contributed by atoms with Gasteiger partial charge in [-0.15, -0.1) is 12.4 Å². The molecule has 0 amide bonds. The smallest absolute Gasteiger partial charge is 0.307 e. The molecule has 0 aromatic rings. The second-order valence-electron chi connectivity index (χ2n) is 2.50. The predicted octanol–water partition coefficient (Wildman–Crippen LogP) is 0.690. The van der Waals surface area contributed by atoms with E-state index >= 15 is 0 Å². The molecular formula is C6H14ClNO2. The summed E-state index contributed by atoms with van der Waals surface area (Å²) in [4.78, 5) is 12.1. The van der Waals surface area contributed by atoms with Crippen LogP contribution in [-0.2, 0) is 4.79 Å². The molecule has 0 aromatic heterocycles. The van der Waals surface area contributed by atoms with Crippen LogP contribution in [0.3, 0.4) is 0 Å². The monoisotopic (exact) mass is 167 g/mol. The number of aliphatic carboxylic acids is 1. The fraction of sp³-hybridized carbons (Fsp3) is 0.833. The topological polar surface area (TPSA) is 40.5 Å². The van der Waals surface area contributed by atoms with E-state index in [4.69, 9.17) is 5.11 Å². The molecule has 0 fully saturated rings. The molecule has 0 aliphatic heterocycles. The fourth-order valence-electron chi connectivity index (χ4n) is 0.626. The standard InChI is InChI=1S/C6H13NO2.ClH/c1-5(6(8)9)4-7(2)3;/h5H,4H2,1-3H3,(H,8,9);1H. The number of carbonyl (C=O) groups is 1. The van der Waals surface area contributed by atoms with E-state index in [1.165, 1.54) is 0 Å². The second kappa shape index (κ2) is 5.50. The third-order valence-electron chi connectivity index (χ3n) is 1.06. The molecule has 0 aromatic carbocycles. The van der Waals surface area contributed by atoms with Crippen LogP contribution in [0.4, 0.5) is 0 Å². The largest absolute Gasteiger partial charge is 0.481 e. The van der Waals surface area contributed by atoms with Gasteiger partial charge in [0.05, 0.1) is 5.92 Å². The number of hydrogen-bond acceptors (Lipinski definition) is 2. The number of rotatable bonds is 3. The summed E-state index contributed by atoms with van der Waals surface area (Å²) >= 11 is 0. The maximum absolute atomic E-state index is 10.2. The van der Waals surface area contributed by atoms with Crippen molar-refractivity contribution < 1.29 is 9.90 Å². The molecule has 3 nitrogen and oxygen atoms in total. The molecule has 4 heteroatoms. The molecule has 0 saturated carbocycles. The first kappa shape index (κ1) is 12.4. The van der Waals surface area contributed by atoms with Gasteiger partial charge in [0.1, 0.15) is 0 Å². The van der Waals surface area contributed by atoms with E-state index in [0.717, 1.165) is 0 Å². The Kier molecular flexibility index (Phi) is 6.82. The van der Waals surface area contributed by atoms with Gasteiger partial charge >= 0.3 is 5.97 Å². The quantitative estimate of drug-likeness (QED) is 0.673. The van der Waals surface area contributed by atoms with Crippen molar-refractivity contribution in [1.29, 1.82) is 0 Å². The van der Waals surface area contributed by atoms with E-state index in [0.29, 0.717) is 6.54 Å². The van der Waals surface area contributed by atoms with Crippen LogP contribution in [0.2, 0.25) is 0 Å². The molecule has 0 aliphatic rings. The van der Waals surface area contributed by atoms with Crippen LogP contribution < -0.4 is 0 Å². The lowest BCUT2D eigenvalue weighted by atomic mass is 10.2. The minimum Gasteiger partial charge on any atom is -0.481 e. The summed E-state index contributed by atoms with van der Waals surface area (Å²) in [5.74, 6) is -0.997. The van der Waals surface area contributed by atoms with Crippen LogP contribution in [0.1, 0.15) is 6.92 Å². The van der Waals surface area contributed by atoms with Gasteiger partial charge in [-0.3, -0.25) is 4.79 Å². The van der Waals surface area contributed by atoms with E-state index in [2.05, 4.69) is 0 Å². The maximum Gasteiger partial charge on any atom is 0.307 e. The summed E-state index contributed by atoms with van der Waals surface area (Å²) in [6.45, 7) is 2.30. The molecular weight excluding hydrogens is 154 g/mol. The molecule has 1 atom stereocenters. The molecule has 0 spiro atoms. The van der Waals surface area contributed by atoms with Gasteiger partial charge in [0.15, 0.2) is 0 Å². The van der Waals surface area contributed by atoms with Gasteiger partial charge < -0.3 is 10.0 Å². The molecule has 1 unspecified atom stereocenters. The Morgan fingerprint density at radius 2 is 2.00 bits per heavy atom. The summed E-state index contributed by atoms with van der Waals surface area (Å²) in [5.41, 5.74) is 0. The highest BCUT2D eigenvalue weighted by Crippen LogP contribution is 1.94. The van der Waals surface area contributed by atoms with Crippen molar-refractivity contribution in [2.45, 2.75) is 6.92 Å². The minimum atomic E-state index is -0.733. The summed E-state index contributed by atoms with van der Waals surface area (Å²) in [7, 11) is 3.72. The Morgan fingerprint density at radius 3 is 2.10 bits per heavy atom. The van der Waals surface area contributed by atoms with Gasteiger partial charge in [-0.2, -0.15) is 0 Å². The molecule has 0 heterocycles.